The summed E-state index contributed by atoms with van der Waals surface area (Å²) in [7, 11) is 1.54. The number of hydrogen-bond donors (Lipinski definition) is 3. The summed E-state index contributed by atoms with van der Waals surface area (Å²) in [5, 5.41) is 8.26. The second-order valence-corrected chi connectivity index (χ2v) is 8.45. The summed E-state index contributed by atoms with van der Waals surface area (Å²) in [5.41, 5.74) is 0.731. The van der Waals surface area contributed by atoms with Gasteiger partial charge in [0.1, 0.15) is 17.8 Å². The van der Waals surface area contributed by atoms with Gasteiger partial charge in [-0.05, 0) is 48.7 Å². The van der Waals surface area contributed by atoms with Gasteiger partial charge >= 0.3 is 6.03 Å². The molecular weight excluding hydrogens is 436 g/mol. The van der Waals surface area contributed by atoms with Crippen LogP contribution in [-0.4, -0.2) is 42.3 Å². The minimum absolute atomic E-state index is 0.0675. The number of hydrogen-bond acceptors (Lipinski definition) is 5. The van der Waals surface area contributed by atoms with E-state index in [2.05, 4.69) is 16.0 Å². The van der Waals surface area contributed by atoms with Gasteiger partial charge in [-0.3, -0.25) is 19.3 Å². The molecule has 2 unspecified atom stereocenters. The standard InChI is InChI=1S/C25H30N4O5/c1-5-16(2)22(31)27-19-8-6-7-17(13-19)14-26-21(30)15-29-23(32)25(3,28-24(29)33)18-9-11-20(34-4)12-10-18/h6-13,16H,5,14-15H2,1-4H3,(H,26,30)(H,27,31)(H,28,33). The average Bonchev–Trinajstić information content (AvgIpc) is 3.06. The molecule has 2 aromatic rings. The average molecular weight is 467 g/mol. The minimum atomic E-state index is -1.27. The monoisotopic (exact) mass is 466 g/mol. The zero-order chi connectivity index (χ0) is 24.9. The lowest BCUT2D eigenvalue weighted by molar-refractivity contribution is -0.134. The molecule has 1 aliphatic rings. The van der Waals surface area contributed by atoms with E-state index in [0.29, 0.717) is 17.0 Å². The van der Waals surface area contributed by atoms with Crippen molar-refractivity contribution in [2.45, 2.75) is 39.3 Å². The van der Waals surface area contributed by atoms with E-state index in [1.165, 1.54) is 0 Å². The zero-order valence-electron chi connectivity index (χ0n) is 19.8. The van der Waals surface area contributed by atoms with Crippen LogP contribution in [0.2, 0.25) is 0 Å². The molecule has 5 amide bonds. The highest BCUT2D eigenvalue weighted by Crippen LogP contribution is 2.29. The summed E-state index contributed by atoms with van der Waals surface area (Å²) >= 11 is 0. The summed E-state index contributed by atoms with van der Waals surface area (Å²) in [6.07, 6.45) is 0.738. The predicted octanol–water partition coefficient (Wildman–Crippen LogP) is 2.76. The second-order valence-electron chi connectivity index (χ2n) is 8.45. The Labute approximate surface area is 198 Å². The number of urea groups is 1. The Hall–Kier alpha value is -3.88. The van der Waals surface area contributed by atoms with Crippen LogP contribution in [0.1, 0.15) is 38.3 Å². The quantitative estimate of drug-likeness (QED) is 0.492. The highest BCUT2D eigenvalue weighted by molar-refractivity contribution is 6.09. The maximum Gasteiger partial charge on any atom is 0.325 e. The van der Waals surface area contributed by atoms with Gasteiger partial charge in [0.05, 0.1) is 7.11 Å². The van der Waals surface area contributed by atoms with Gasteiger partial charge in [0.15, 0.2) is 0 Å². The van der Waals surface area contributed by atoms with E-state index in [9.17, 15) is 19.2 Å². The Morgan fingerprint density at radius 1 is 1.15 bits per heavy atom. The first-order valence-electron chi connectivity index (χ1n) is 11.1. The van der Waals surface area contributed by atoms with E-state index in [1.807, 2.05) is 19.9 Å². The summed E-state index contributed by atoms with van der Waals surface area (Å²) in [4.78, 5) is 51.0. The highest BCUT2D eigenvalue weighted by atomic mass is 16.5. The number of nitrogens with one attached hydrogen (secondary N) is 3. The van der Waals surface area contributed by atoms with Gasteiger partial charge in [0.25, 0.3) is 5.91 Å². The minimum Gasteiger partial charge on any atom is -0.497 e. The number of carbonyl (C=O) groups is 4. The van der Waals surface area contributed by atoms with Crippen LogP contribution in [0, 0.1) is 5.92 Å². The molecule has 0 spiro atoms. The lowest BCUT2D eigenvalue weighted by atomic mass is 9.92. The molecule has 1 saturated heterocycles. The van der Waals surface area contributed by atoms with Gasteiger partial charge in [-0.2, -0.15) is 0 Å². The molecular formula is C25H30N4O5. The van der Waals surface area contributed by atoms with Gasteiger partial charge in [-0.15, -0.1) is 0 Å². The topological polar surface area (TPSA) is 117 Å². The Balaban J connectivity index is 1.60. The van der Waals surface area contributed by atoms with Gasteiger partial charge in [-0.25, -0.2) is 4.79 Å². The second kappa shape index (κ2) is 10.4. The van der Waals surface area contributed by atoms with Crippen LogP contribution in [0.4, 0.5) is 10.5 Å². The van der Waals surface area contributed by atoms with E-state index in [4.69, 9.17) is 4.74 Å². The van der Waals surface area contributed by atoms with Crippen LogP contribution in [0.15, 0.2) is 48.5 Å². The Morgan fingerprint density at radius 3 is 2.50 bits per heavy atom. The molecule has 3 N–H and O–H groups in total. The third-order valence-electron chi connectivity index (χ3n) is 5.99. The fourth-order valence-corrected chi connectivity index (χ4v) is 3.57. The molecule has 3 rings (SSSR count). The lowest BCUT2D eigenvalue weighted by Crippen LogP contribution is -2.43. The summed E-state index contributed by atoms with van der Waals surface area (Å²) in [6.45, 7) is 5.19. The lowest BCUT2D eigenvalue weighted by Gasteiger charge is -2.22. The molecule has 0 aromatic heterocycles. The van der Waals surface area contributed by atoms with Gasteiger partial charge in [0.2, 0.25) is 11.8 Å². The molecule has 2 atom stereocenters. The van der Waals surface area contributed by atoms with Crippen molar-refractivity contribution in [3.8, 4) is 5.75 Å². The third kappa shape index (κ3) is 5.36. The maximum atomic E-state index is 13.0. The van der Waals surface area contributed by atoms with Crippen molar-refractivity contribution in [1.29, 1.82) is 0 Å². The van der Waals surface area contributed by atoms with Crippen molar-refractivity contribution in [3.63, 3.8) is 0 Å². The molecule has 9 nitrogen and oxygen atoms in total. The molecule has 9 heteroatoms. The number of nitrogens with zero attached hydrogens (tertiary/aromatic N) is 1. The number of imide groups is 1. The van der Waals surface area contributed by atoms with Crippen molar-refractivity contribution >= 4 is 29.4 Å². The fourth-order valence-electron chi connectivity index (χ4n) is 3.57. The summed E-state index contributed by atoms with van der Waals surface area (Å²) in [5.74, 6) is -0.522. The molecule has 2 aromatic carbocycles. The van der Waals surface area contributed by atoms with Crippen molar-refractivity contribution in [2.75, 3.05) is 19.0 Å². The van der Waals surface area contributed by atoms with Crippen molar-refractivity contribution in [1.82, 2.24) is 15.5 Å². The SMILES string of the molecule is CCC(C)C(=O)Nc1cccc(CNC(=O)CN2C(=O)NC(C)(c3ccc(OC)cc3)C2=O)c1. The molecule has 0 bridgehead atoms. The van der Waals surface area contributed by atoms with Crippen molar-refractivity contribution in [2.24, 2.45) is 5.92 Å². The maximum absolute atomic E-state index is 13.0. The number of anilines is 1. The predicted molar refractivity (Wildman–Crippen MR) is 127 cm³/mol. The molecule has 0 aliphatic carbocycles. The van der Waals surface area contributed by atoms with E-state index >= 15 is 0 Å². The van der Waals surface area contributed by atoms with Crippen LogP contribution in [0.5, 0.6) is 5.75 Å². The van der Waals surface area contributed by atoms with Crippen LogP contribution < -0.4 is 20.7 Å². The molecule has 1 aliphatic heterocycles. The van der Waals surface area contributed by atoms with E-state index in [0.717, 1.165) is 16.9 Å². The van der Waals surface area contributed by atoms with E-state index in [-0.39, 0.29) is 18.4 Å². The van der Waals surface area contributed by atoms with Crippen LogP contribution in [0.3, 0.4) is 0 Å². The van der Waals surface area contributed by atoms with E-state index in [1.54, 1.807) is 56.5 Å². The number of ether oxygens (including phenoxy) is 1. The van der Waals surface area contributed by atoms with Crippen LogP contribution >= 0.6 is 0 Å². The molecule has 180 valence electrons. The van der Waals surface area contributed by atoms with Crippen LogP contribution in [0.25, 0.3) is 0 Å². The van der Waals surface area contributed by atoms with Crippen molar-refractivity contribution in [3.05, 3.63) is 59.7 Å². The molecule has 0 saturated carbocycles. The van der Waals surface area contributed by atoms with Gasteiger partial charge in [-0.1, -0.05) is 38.1 Å². The normalized spacial score (nSPS) is 18.3. The van der Waals surface area contributed by atoms with E-state index < -0.39 is 29.9 Å². The Morgan fingerprint density at radius 2 is 1.85 bits per heavy atom. The zero-order valence-corrected chi connectivity index (χ0v) is 19.8. The highest BCUT2D eigenvalue weighted by Gasteiger charge is 2.49. The van der Waals surface area contributed by atoms with Crippen molar-refractivity contribution < 1.29 is 23.9 Å². The first-order valence-corrected chi connectivity index (χ1v) is 11.1. The number of rotatable bonds is 9. The Kier molecular flexibility index (Phi) is 7.55. The fraction of sp³-hybridized carbons (Fsp3) is 0.360. The number of carbonyl (C=O) groups excluding carboxylic acids is 4. The number of amides is 5. The van der Waals surface area contributed by atoms with Crippen LogP contribution in [-0.2, 0) is 26.5 Å². The Bertz CT molecular complexity index is 1080. The first-order chi connectivity index (χ1) is 16.2. The number of benzene rings is 2. The smallest absolute Gasteiger partial charge is 0.325 e. The molecule has 1 fully saturated rings. The number of methoxy groups -OCH3 is 1. The largest absolute Gasteiger partial charge is 0.497 e. The molecule has 0 radical (unpaired) electrons. The summed E-state index contributed by atoms with van der Waals surface area (Å²) in [6, 6.07) is 13.3. The third-order valence-corrected chi connectivity index (χ3v) is 5.99. The van der Waals surface area contributed by atoms with Gasteiger partial charge < -0.3 is 20.7 Å². The molecule has 34 heavy (non-hydrogen) atoms. The van der Waals surface area contributed by atoms with Gasteiger partial charge in [0, 0.05) is 18.2 Å². The molecule has 1 heterocycles. The first kappa shape index (κ1) is 24.8. The summed E-state index contributed by atoms with van der Waals surface area (Å²) < 4.78 is 5.14.